The van der Waals surface area contributed by atoms with Gasteiger partial charge in [0.25, 0.3) is 5.69 Å². The average Bonchev–Trinajstić information content (AvgIpc) is 2.16. The molecule has 0 unspecified atom stereocenters. The number of nitro groups is 1. The van der Waals surface area contributed by atoms with Gasteiger partial charge >= 0.3 is 0 Å². The molecule has 1 aromatic carbocycles. The Balaban J connectivity index is 3.08. The maximum Gasteiger partial charge on any atom is 0.270 e. The van der Waals surface area contributed by atoms with Crippen LogP contribution in [-0.2, 0) is 0 Å². The van der Waals surface area contributed by atoms with E-state index in [0.29, 0.717) is 10.6 Å². The molecular weight excluding hydrogens is 206 g/mol. The van der Waals surface area contributed by atoms with Gasteiger partial charge in [-0.05, 0) is 6.07 Å². The SMILES string of the molecule is CN/N=C/c1cc([N+](=O)[O-])ccc1Cl. The van der Waals surface area contributed by atoms with E-state index in [0.717, 1.165) is 0 Å². The van der Waals surface area contributed by atoms with Crippen molar-refractivity contribution >= 4 is 23.5 Å². The van der Waals surface area contributed by atoms with Gasteiger partial charge in [-0.2, -0.15) is 5.10 Å². The minimum absolute atomic E-state index is 0.00745. The van der Waals surface area contributed by atoms with Crippen molar-refractivity contribution in [3.63, 3.8) is 0 Å². The van der Waals surface area contributed by atoms with Crippen LogP contribution in [0.15, 0.2) is 23.3 Å². The summed E-state index contributed by atoms with van der Waals surface area (Å²) in [5.41, 5.74) is 3.04. The second kappa shape index (κ2) is 4.57. The Hall–Kier alpha value is -1.62. The quantitative estimate of drug-likeness (QED) is 0.473. The highest BCUT2D eigenvalue weighted by atomic mass is 35.5. The van der Waals surface area contributed by atoms with Crippen LogP contribution < -0.4 is 5.43 Å². The summed E-state index contributed by atoms with van der Waals surface area (Å²) in [5.74, 6) is 0. The molecule has 0 spiro atoms. The fourth-order valence-corrected chi connectivity index (χ4v) is 1.04. The van der Waals surface area contributed by atoms with E-state index in [4.69, 9.17) is 11.6 Å². The van der Waals surface area contributed by atoms with Crippen LogP contribution in [-0.4, -0.2) is 18.2 Å². The largest absolute Gasteiger partial charge is 0.313 e. The smallest absolute Gasteiger partial charge is 0.270 e. The number of hydrogen-bond acceptors (Lipinski definition) is 4. The van der Waals surface area contributed by atoms with Crippen LogP contribution in [0.1, 0.15) is 5.56 Å². The number of nitrogens with one attached hydrogen (secondary N) is 1. The summed E-state index contributed by atoms with van der Waals surface area (Å²) in [5, 5.41) is 14.6. The fraction of sp³-hybridized carbons (Fsp3) is 0.125. The minimum atomic E-state index is -0.479. The van der Waals surface area contributed by atoms with Gasteiger partial charge in [0, 0.05) is 29.8 Å². The van der Waals surface area contributed by atoms with E-state index in [-0.39, 0.29) is 5.69 Å². The molecule has 5 nitrogen and oxygen atoms in total. The van der Waals surface area contributed by atoms with Crippen molar-refractivity contribution in [3.05, 3.63) is 38.9 Å². The van der Waals surface area contributed by atoms with Gasteiger partial charge in [0.05, 0.1) is 11.1 Å². The molecule has 0 amide bonds. The molecule has 74 valence electrons. The standard InChI is InChI=1S/C8H8ClN3O2/c1-10-11-5-6-4-7(12(13)14)2-3-8(6)9/h2-5,10H,1H3/b11-5+. The summed E-state index contributed by atoms with van der Waals surface area (Å²) in [4.78, 5) is 9.96. The zero-order chi connectivity index (χ0) is 10.6. The van der Waals surface area contributed by atoms with Crippen molar-refractivity contribution in [3.8, 4) is 0 Å². The number of benzene rings is 1. The normalized spacial score (nSPS) is 10.4. The third kappa shape index (κ3) is 2.43. The second-order valence-corrected chi connectivity index (χ2v) is 2.85. The van der Waals surface area contributed by atoms with E-state index >= 15 is 0 Å². The molecule has 0 aliphatic heterocycles. The highest BCUT2D eigenvalue weighted by molar-refractivity contribution is 6.33. The topological polar surface area (TPSA) is 67.5 Å². The summed E-state index contributed by atoms with van der Waals surface area (Å²) in [6, 6.07) is 4.18. The van der Waals surface area contributed by atoms with Gasteiger partial charge < -0.3 is 5.43 Å². The Morgan fingerprint density at radius 2 is 2.36 bits per heavy atom. The number of nitrogens with zero attached hydrogens (tertiary/aromatic N) is 2. The van der Waals surface area contributed by atoms with Crippen LogP contribution in [0.3, 0.4) is 0 Å². The predicted octanol–water partition coefficient (Wildman–Crippen LogP) is 1.80. The second-order valence-electron chi connectivity index (χ2n) is 2.44. The third-order valence-electron chi connectivity index (χ3n) is 1.52. The van der Waals surface area contributed by atoms with Crippen LogP contribution in [0.4, 0.5) is 5.69 Å². The van der Waals surface area contributed by atoms with E-state index in [1.165, 1.54) is 24.4 Å². The highest BCUT2D eigenvalue weighted by Gasteiger charge is 2.07. The van der Waals surface area contributed by atoms with Crippen LogP contribution in [0.25, 0.3) is 0 Å². The number of hydrogen-bond donors (Lipinski definition) is 1. The molecule has 1 rings (SSSR count). The number of halogens is 1. The summed E-state index contributed by atoms with van der Waals surface area (Å²) in [7, 11) is 1.63. The summed E-state index contributed by atoms with van der Waals surface area (Å²) in [6.45, 7) is 0. The van der Waals surface area contributed by atoms with Crippen molar-refractivity contribution in [1.82, 2.24) is 5.43 Å². The summed E-state index contributed by atoms with van der Waals surface area (Å²) >= 11 is 5.80. The number of rotatable bonds is 3. The molecule has 0 radical (unpaired) electrons. The molecule has 0 saturated carbocycles. The lowest BCUT2D eigenvalue weighted by molar-refractivity contribution is -0.384. The van der Waals surface area contributed by atoms with Gasteiger partial charge in [0.15, 0.2) is 0 Å². The lowest BCUT2D eigenvalue weighted by Gasteiger charge is -1.97. The minimum Gasteiger partial charge on any atom is -0.313 e. The molecule has 1 N–H and O–H groups in total. The first-order valence-corrected chi connectivity index (χ1v) is 4.16. The zero-order valence-corrected chi connectivity index (χ0v) is 8.15. The molecule has 0 fully saturated rings. The lowest BCUT2D eigenvalue weighted by Crippen LogP contribution is -1.96. The zero-order valence-electron chi connectivity index (χ0n) is 7.40. The Morgan fingerprint density at radius 3 is 2.93 bits per heavy atom. The first-order valence-electron chi connectivity index (χ1n) is 3.79. The molecule has 0 saturated heterocycles. The number of non-ortho nitro benzene ring substituents is 1. The average molecular weight is 214 g/mol. The molecule has 0 aromatic heterocycles. The van der Waals surface area contributed by atoms with Crippen molar-refractivity contribution < 1.29 is 4.92 Å². The lowest BCUT2D eigenvalue weighted by atomic mass is 10.2. The van der Waals surface area contributed by atoms with Gasteiger partial charge in [0.1, 0.15) is 0 Å². The van der Waals surface area contributed by atoms with E-state index < -0.39 is 4.92 Å². The number of hydrazone groups is 1. The van der Waals surface area contributed by atoms with Crippen LogP contribution in [0.2, 0.25) is 5.02 Å². The molecule has 6 heteroatoms. The molecule has 1 aromatic rings. The van der Waals surface area contributed by atoms with Gasteiger partial charge in [-0.1, -0.05) is 11.6 Å². The molecule has 0 aliphatic rings. The number of nitro benzene ring substituents is 1. The molecule has 0 atom stereocenters. The van der Waals surface area contributed by atoms with E-state index in [1.54, 1.807) is 7.05 Å². The van der Waals surface area contributed by atoms with Crippen molar-refractivity contribution in [2.24, 2.45) is 5.10 Å². The van der Waals surface area contributed by atoms with Crippen molar-refractivity contribution in [1.29, 1.82) is 0 Å². The van der Waals surface area contributed by atoms with Gasteiger partial charge in [0.2, 0.25) is 0 Å². The Morgan fingerprint density at radius 1 is 1.64 bits per heavy atom. The molecule has 0 bridgehead atoms. The molecular formula is C8H8ClN3O2. The molecule has 14 heavy (non-hydrogen) atoms. The highest BCUT2D eigenvalue weighted by Crippen LogP contribution is 2.20. The third-order valence-corrected chi connectivity index (χ3v) is 1.87. The van der Waals surface area contributed by atoms with Gasteiger partial charge in [-0.15, -0.1) is 0 Å². The van der Waals surface area contributed by atoms with Crippen LogP contribution in [0, 0.1) is 10.1 Å². The summed E-state index contributed by atoms with van der Waals surface area (Å²) in [6.07, 6.45) is 1.43. The first kappa shape index (κ1) is 10.5. The fourth-order valence-electron chi connectivity index (χ4n) is 0.878. The van der Waals surface area contributed by atoms with Crippen LogP contribution in [0.5, 0.6) is 0 Å². The maximum atomic E-state index is 10.4. The van der Waals surface area contributed by atoms with Gasteiger partial charge in [-0.3, -0.25) is 10.1 Å². The Kier molecular flexibility index (Phi) is 3.41. The van der Waals surface area contributed by atoms with Crippen molar-refractivity contribution in [2.45, 2.75) is 0 Å². The molecule has 0 heterocycles. The summed E-state index contributed by atoms with van der Waals surface area (Å²) < 4.78 is 0. The maximum absolute atomic E-state index is 10.4. The van der Waals surface area contributed by atoms with Gasteiger partial charge in [-0.25, -0.2) is 0 Å². The van der Waals surface area contributed by atoms with E-state index in [9.17, 15) is 10.1 Å². The Labute approximate surface area is 85.5 Å². The monoisotopic (exact) mass is 213 g/mol. The van der Waals surface area contributed by atoms with Crippen molar-refractivity contribution in [2.75, 3.05) is 7.05 Å². The predicted molar refractivity (Wildman–Crippen MR) is 54.8 cm³/mol. The molecule has 0 aliphatic carbocycles. The Bertz CT molecular complexity index is 379. The first-order chi connectivity index (χ1) is 6.65. The van der Waals surface area contributed by atoms with E-state index in [1.807, 2.05) is 0 Å². The van der Waals surface area contributed by atoms with E-state index in [2.05, 4.69) is 10.5 Å². The van der Waals surface area contributed by atoms with Crippen LogP contribution >= 0.6 is 11.6 Å².